The molecule has 0 aliphatic heterocycles. The Balaban J connectivity index is 3.20. The molecule has 0 aliphatic rings. The fourth-order valence-electron chi connectivity index (χ4n) is 1.06. The lowest BCUT2D eigenvalue weighted by Gasteiger charge is -2.16. The number of hydrogen-bond acceptors (Lipinski definition) is 2. The standard InChI is InChI=1S/C9H22N2/c1-4-7-8-11-9(5-2)10-6-3/h9-11H,4-8H2,1-3H3. The zero-order valence-electron chi connectivity index (χ0n) is 8.11. The zero-order chi connectivity index (χ0) is 8.53. The Labute approximate surface area is 70.8 Å². The van der Waals surface area contributed by atoms with Crippen LogP contribution in [0.5, 0.6) is 0 Å². The molecule has 0 amide bonds. The second kappa shape index (κ2) is 8.02. The summed E-state index contributed by atoms with van der Waals surface area (Å²) in [6, 6.07) is 0. The van der Waals surface area contributed by atoms with Crippen LogP contribution in [0.15, 0.2) is 0 Å². The van der Waals surface area contributed by atoms with E-state index in [1.54, 1.807) is 0 Å². The van der Waals surface area contributed by atoms with Crippen molar-refractivity contribution in [2.45, 2.75) is 46.2 Å². The second-order valence-corrected chi connectivity index (χ2v) is 2.83. The lowest BCUT2D eigenvalue weighted by Crippen LogP contribution is -2.41. The van der Waals surface area contributed by atoms with Gasteiger partial charge < -0.3 is 10.6 Å². The summed E-state index contributed by atoms with van der Waals surface area (Å²) in [5, 5.41) is 6.84. The Morgan fingerprint density at radius 2 is 1.82 bits per heavy atom. The third-order valence-electron chi connectivity index (χ3n) is 1.78. The molecule has 2 heteroatoms. The molecule has 0 heterocycles. The predicted octanol–water partition coefficient (Wildman–Crippen LogP) is 1.72. The molecule has 0 rings (SSSR count). The molecule has 2 N–H and O–H groups in total. The summed E-state index contributed by atoms with van der Waals surface area (Å²) in [5.41, 5.74) is 0. The van der Waals surface area contributed by atoms with E-state index in [0.717, 1.165) is 19.5 Å². The minimum Gasteiger partial charge on any atom is -0.302 e. The maximum atomic E-state index is 3.46. The van der Waals surface area contributed by atoms with E-state index in [9.17, 15) is 0 Å². The Bertz CT molecular complexity index is 74.0. The van der Waals surface area contributed by atoms with Gasteiger partial charge in [-0.2, -0.15) is 0 Å². The van der Waals surface area contributed by atoms with Gasteiger partial charge in [-0.05, 0) is 25.9 Å². The third kappa shape index (κ3) is 6.32. The van der Waals surface area contributed by atoms with Crippen molar-refractivity contribution in [2.24, 2.45) is 0 Å². The van der Waals surface area contributed by atoms with E-state index in [0.29, 0.717) is 6.17 Å². The Morgan fingerprint density at radius 3 is 2.27 bits per heavy atom. The van der Waals surface area contributed by atoms with Crippen LogP contribution in [-0.2, 0) is 0 Å². The van der Waals surface area contributed by atoms with Gasteiger partial charge in [-0.25, -0.2) is 0 Å². The highest BCUT2D eigenvalue weighted by Gasteiger charge is 1.99. The van der Waals surface area contributed by atoms with Crippen molar-refractivity contribution < 1.29 is 0 Å². The van der Waals surface area contributed by atoms with Crippen LogP contribution in [-0.4, -0.2) is 19.3 Å². The van der Waals surface area contributed by atoms with Crippen LogP contribution in [0.1, 0.15) is 40.0 Å². The highest BCUT2D eigenvalue weighted by atomic mass is 15.1. The molecule has 0 saturated heterocycles. The van der Waals surface area contributed by atoms with Crippen molar-refractivity contribution >= 4 is 0 Å². The normalized spacial score (nSPS) is 13.4. The van der Waals surface area contributed by atoms with E-state index in [1.807, 2.05) is 0 Å². The van der Waals surface area contributed by atoms with Crippen LogP contribution in [0.2, 0.25) is 0 Å². The average Bonchev–Trinajstić information content (AvgIpc) is 2.03. The molecule has 0 saturated carbocycles. The van der Waals surface area contributed by atoms with E-state index in [4.69, 9.17) is 0 Å². The topological polar surface area (TPSA) is 24.1 Å². The molecule has 0 bridgehead atoms. The van der Waals surface area contributed by atoms with Crippen molar-refractivity contribution in [1.29, 1.82) is 0 Å². The van der Waals surface area contributed by atoms with E-state index in [2.05, 4.69) is 31.4 Å². The maximum absolute atomic E-state index is 3.46. The molecule has 2 nitrogen and oxygen atoms in total. The predicted molar refractivity (Wildman–Crippen MR) is 50.7 cm³/mol. The molecule has 0 aromatic heterocycles. The van der Waals surface area contributed by atoms with Crippen molar-refractivity contribution in [3.63, 3.8) is 0 Å². The molecule has 11 heavy (non-hydrogen) atoms. The third-order valence-corrected chi connectivity index (χ3v) is 1.78. The summed E-state index contributed by atoms with van der Waals surface area (Å²) in [7, 11) is 0. The van der Waals surface area contributed by atoms with Crippen LogP contribution in [0.3, 0.4) is 0 Å². The molecule has 0 aliphatic carbocycles. The van der Waals surface area contributed by atoms with E-state index >= 15 is 0 Å². The largest absolute Gasteiger partial charge is 0.302 e. The highest BCUT2D eigenvalue weighted by molar-refractivity contribution is 4.60. The first-order valence-electron chi connectivity index (χ1n) is 4.81. The molecule has 0 fully saturated rings. The summed E-state index contributed by atoms with van der Waals surface area (Å²) in [6.07, 6.45) is 4.24. The van der Waals surface area contributed by atoms with Crippen molar-refractivity contribution in [3.8, 4) is 0 Å². The molecule has 0 aromatic rings. The van der Waals surface area contributed by atoms with Gasteiger partial charge in [0.1, 0.15) is 0 Å². The van der Waals surface area contributed by atoms with E-state index in [-0.39, 0.29) is 0 Å². The van der Waals surface area contributed by atoms with Crippen molar-refractivity contribution in [2.75, 3.05) is 13.1 Å². The molecule has 0 spiro atoms. The van der Waals surface area contributed by atoms with Crippen LogP contribution in [0.4, 0.5) is 0 Å². The SMILES string of the molecule is CCCCNC(CC)NCC. The van der Waals surface area contributed by atoms with Gasteiger partial charge in [-0.1, -0.05) is 27.2 Å². The van der Waals surface area contributed by atoms with E-state index in [1.165, 1.54) is 12.8 Å². The summed E-state index contributed by atoms with van der Waals surface area (Å²) >= 11 is 0. The van der Waals surface area contributed by atoms with Crippen molar-refractivity contribution in [1.82, 2.24) is 10.6 Å². The number of hydrogen-bond donors (Lipinski definition) is 2. The van der Waals surface area contributed by atoms with Gasteiger partial charge in [-0.3, -0.25) is 0 Å². The lowest BCUT2D eigenvalue weighted by molar-refractivity contribution is 0.418. The average molecular weight is 158 g/mol. The Hall–Kier alpha value is -0.0800. The van der Waals surface area contributed by atoms with Crippen LogP contribution in [0.25, 0.3) is 0 Å². The van der Waals surface area contributed by atoms with Gasteiger partial charge in [-0.15, -0.1) is 0 Å². The molecule has 1 unspecified atom stereocenters. The first kappa shape index (κ1) is 10.9. The molecule has 1 atom stereocenters. The molecule has 0 radical (unpaired) electrons. The smallest absolute Gasteiger partial charge is 0.0568 e. The minimum atomic E-state index is 0.520. The first-order valence-corrected chi connectivity index (χ1v) is 4.81. The summed E-state index contributed by atoms with van der Waals surface area (Å²) in [4.78, 5) is 0. The number of rotatable bonds is 7. The van der Waals surface area contributed by atoms with Gasteiger partial charge in [0.15, 0.2) is 0 Å². The quantitative estimate of drug-likeness (QED) is 0.435. The first-order chi connectivity index (χ1) is 5.35. The summed E-state index contributed by atoms with van der Waals surface area (Å²) in [6.45, 7) is 8.76. The van der Waals surface area contributed by atoms with Crippen molar-refractivity contribution in [3.05, 3.63) is 0 Å². The fourth-order valence-corrected chi connectivity index (χ4v) is 1.06. The van der Waals surface area contributed by atoms with Gasteiger partial charge >= 0.3 is 0 Å². The second-order valence-electron chi connectivity index (χ2n) is 2.83. The van der Waals surface area contributed by atoms with E-state index < -0.39 is 0 Å². The van der Waals surface area contributed by atoms with Gasteiger partial charge in [0.25, 0.3) is 0 Å². The van der Waals surface area contributed by atoms with Crippen LogP contribution < -0.4 is 10.6 Å². The Morgan fingerprint density at radius 1 is 1.09 bits per heavy atom. The Kier molecular flexibility index (Phi) is 7.96. The molecular weight excluding hydrogens is 136 g/mol. The summed E-state index contributed by atoms with van der Waals surface area (Å²) < 4.78 is 0. The molecule has 0 aromatic carbocycles. The van der Waals surface area contributed by atoms with Crippen LogP contribution in [0, 0.1) is 0 Å². The number of nitrogens with one attached hydrogen (secondary N) is 2. The zero-order valence-corrected chi connectivity index (χ0v) is 8.11. The fraction of sp³-hybridized carbons (Fsp3) is 1.00. The minimum absolute atomic E-state index is 0.520. The highest BCUT2D eigenvalue weighted by Crippen LogP contribution is 1.88. The monoisotopic (exact) mass is 158 g/mol. The van der Waals surface area contributed by atoms with Gasteiger partial charge in [0.05, 0.1) is 6.17 Å². The van der Waals surface area contributed by atoms with Gasteiger partial charge in [0, 0.05) is 0 Å². The van der Waals surface area contributed by atoms with Gasteiger partial charge in [0.2, 0.25) is 0 Å². The van der Waals surface area contributed by atoms with Crippen LogP contribution >= 0.6 is 0 Å². The maximum Gasteiger partial charge on any atom is 0.0568 e. The molecular formula is C9H22N2. The summed E-state index contributed by atoms with van der Waals surface area (Å²) in [5.74, 6) is 0. The number of unbranched alkanes of at least 4 members (excludes halogenated alkanes) is 1. The lowest BCUT2D eigenvalue weighted by atomic mass is 10.3. The molecule has 68 valence electrons.